The summed E-state index contributed by atoms with van der Waals surface area (Å²) in [7, 11) is 0. The molecular formula is C13H9F5N2O3. The van der Waals surface area contributed by atoms with Crippen LogP contribution in [-0.4, -0.2) is 23.7 Å². The molecule has 0 aliphatic heterocycles. The molecule has 124 valence electrons. The number of hydrogen-bond donors (Lipinski definition) is 1. The fraction of sp³-hybridized carbons (Fsp3) is 0.231. The molecule has 0 bridgehead atoms. The van der Waals surface area contributed by atoms with Gasteiger partial charge in [-0.05, 0) is 6.07 Å². The van der Waals surface area contributed by atoms with E-state index in [1.807, 2.05) is 0 Å². The Hall–Kier alpha value is -2.65. The molecule has 0 unspecified atom stereocenters. The number of carbonyl (C=O) groups is 1. The summed E-state index contributed by atoms with van der Waals surface area (Å²) in [4.78, 5) is 15.2. The highest BCUT2D eigenvalue weighted by Crippen LogP contribution is 2.37. The number of nitrogens with one attached hydrogen (secondary N) is 1. The quantitative estimate of drug-likeness (QED) is 0.851. The molecule has 0 fully saturated rings. The maximum Gasteiger partial charge on any atom is 0.413 e. The van der Waals surface area contributed by atoms with E-state index < -0.39 is 36.0 Å². The molecule has 5 nitrogen and oxygen atoms in total. The molecule has 2 aromatic rings. The first-order valence-electron chi connectivity index (χ1n) is 6.08. The summed E-state index contributed by atoms with van der Waals surface area (Å²) in [6.07, 6.45) is -3.23. The van der Waals surface area contributed by atoms with Crippen molar-refractivity contribution in [2.75, 3.05) is 0 Å². The molecule has 0 saturated carbocycles. The number of alkyl halides is 5. The van der Waals surface area contributed by atoms with Gasteiger partial charge in [0.05, 0.1) is 0 Å². The third-order valence-corrected chi connectivity index (χ3v) is 2.71. The van der Waals surface area contributed by atoms with E-state index >= 15 is 0 Å². The fourth-order valence-electron chi connectivity index (χ4n) is 1.79. The second-order valence-electron chi connectivity index (χ2n) is 4.24. The number of aromatic nitrogens is 1. The Morgan fingerprint density at radius 2 is 1.96 bits per heavy atom. The zero-order chi connectivity index (χ0) is 17.0. The third-order valence-electron chi connectivity index (χ3n) is 2.71. The summed E-state index contributed by atoms with van der Waals surface area (Å²) in [5.74, 6) is -1.86. The topological polar surface area (TPSA) is 64.4 Å². The van der Waals surface area contributed by atoms with Crippen LogP contribution in [0.4, 0.5) is 22.0 Å². The van der Waals surface area contributed by atoms with Gasteiger partial charge in [-0.1, -0.05) is 18.2 Å². The van der Waals surface area contributed by atoms with Gasteiger partial charge in [-0.2, -0.15) is 22.0 Å². The van der Waals surface area contributed by atoms with E-state index in [9.17, 15) is 26.7 Å². The lowest BCUT2D eigenvalue weighted by Crippen LogP contribution is -2.38. The van der Waals surface area contributed by atoms with Gasteiger partial charge in [-0.3, -0.25) is 4.79 Å². The van der Waals surface area contributed by atoms with Gasteiger partial charge >= 0.3 is 12.8 Å². The molecule has 10 heteroatoms. The van der Waals surface area contributed by atoms with Gasteiger partial charge in [0.1, 0.15) is 12.0 Å². The first-order valence-corrected chi connectivity index (χ1v) is 6.08. The van der Waals surface area contributed by atoms with Crippen molar-refractivity contribution in [2.24, 2.45) is 0 Å². The lowest BCUT2D eigenvalue weighted by molar-refractivity contribution is -0.156. The van der Waals surface area contributed by atoms with E-state index in [0.29, 0.717) is 0 Å². The van der Waals surface area contributed by atoms with Gasteiger partial charge in [0.15, 0.2) is 18.1 Å². The average Bonchev–Trinajstić information content (AvgIpc) is 2.98. The predicted molar refractivity (Wildman–Crippen MR) is 65.8 cm³/mol. The highest BCUT2D eigenvalue weighted by Gasteiger charge is 2.44. The molecule has 0 radical (unpaired) electrons. The van der Waals surface area contributed by atoms with Gasteiger partial charge in [-0.25, -0.2) is 4.98 Å². The number of rotatable bonds is 5. The number of benzene rings is 1. The van der Waals surface area contributed by atoms with Crippen LogP contribution in [0.3, 0.4) is 0 Å². The van der Waals surface area contributed by atoms with Crippen molar-refractivity contribution < 1.29 is 35.9 Å². The number of nitrogens with zero attached hydrogens (tertiary/aromatic N) is 1. The minimum atomic E-state index is -4.94. The van der Waals surface area contributed by atoms with Gasteiger partial charge < -0.3 is 14.5 Å². The number of ether oxygens (including phenoxy) is 1. The number of hydrogen-bond acceptors (Lipinski definition) is 4. The first-order chi connectivity index (χ1) is 10.8. The Morgan fingerprint density at radius 3 is 2.52 bits per heavy atom. The first kappa shape index (κ1) is 16.7. The highest BCUT2D eigenvalue weighted by molar-refractivity contribution is 5.92. The predicted octanol–water partition coefficient (Wildman–Crippen LogP) is 3.31. The number of carbonyl (C=O) groups excluding carboxylic acids is 1. The summed E-state index contributed by atoms with van der Waals surface area (Å²) < 4.78 is 72.9. The van der Waals surface area contributed by atoms with Crippen LogP contribution in [-0.2, 0) is 0 Å². The van der Waals surface area contributed by atoms with E-state index in [4.69, 9.17) is 0 Å². The second-order valence-corrected chi connectivity index (χ2v) is 4.24. The second kappa shape index (κ2) is 6.63. The van der Waals surface area contributed by atoms with Crippen LogP contribution in [0.5, 0.6) is 5.75 Å². The lowest BCUT2D eigenvalue weighted by atomic mass is 10.0. The number of oxazole rings is 1. The van der Waals surface area contributed by atoms with Crippen LogP contribution in [0.15, 0.2) is 41.3 Å². The average molecular weight is 336 g/mol. The van der Waals surface area contributed by atoms with Gasteiger partial charge in [-0.15, -0.1) is 0 Å². The summed E-state index contributed by atoms with van der Waals surface area (Å²) >= 11 is 0. The van der Waals surface area contributed by atoms with Crippen LogP contribution in [0.25, 0.3) is 0 Å². The molecule has 1 N–H and O–H groups in total. The van der Waals surface area contributed by atoms with Crippen LogP contribution in [0.2, 0.25) is 0 Å². The summed E-state index contributed by atoms with van der Waals surface area (Å²) in [5, 5.41) is 1.68. The van der Waals surface area contributed by atoms with Crippen molar-refractivity contribution in [3.63, 3.8) is 0 Å². The molecule has 23 heavy (non-hydrogen) atoms. The number of para-hydroxylation sites is 1. The molecule has 0 aliphatic rings. The Morgan fingerprint density at radius 1 is 1.26 bits per heavy atom. The molecule has 1 amide bonds. The summed E-state index contributed by atoms with van der Waals surface area (Å²) in [5.41, 5.74) is -1.04. The normalized spacial score (nSPS) is 13.0. The monoisotopic (exact) mass is 336 g/mol. The van der Waals surface area contributed by atoms with Crippen LogP contribution in [0.1, 0.15) is 22.1 Å². The minimum Gasteiger partial charge on any atom is -0.451 e. The molecule has 1 atom stereocenters. The number of amides is 1. The van der Waals surface area contributed by atoms with Gasteiger partial charge in [0.25, 0.3) is 5.91 Å². The third kappa shape index (κ3) is 4.18. The van der Waals surface area contributed by atoms with Crippen molar-refractivity contribution in [2.45, 2.75) is 18.8 Å². The van der Waals surface area contributed by atoms with E-state index in [-0.39, 0.29) is 5.69 Å². The largest absolute Gasteiger partial charge is 0.451 e. The molecule has 0 aliphatic carbocycles. The molecular weight excluding hydrogens is 327 g/mol. The van der Waals surface area contributed by atoms with E-state index in [0.717, 1.165) is 24.8 Å². The Bertz CT molecular complexity index is 658. The molecule has 1 aromatic heterocycles. The van der Waals surface area contributed by atoms with Crippen molar-refractivity contribution in [3.8, 4) is 5.75 Å². The van der Waals surface area contributed by atoms with Crippen molar-refractivity contribution in [1.29, 1.82) is 0 Å². The highest BCUT2D eigenvalue weighted by atomic mass is 19.4. The fourth-order valence-corrected chi connectivity index (χ4v) is 1.79. The standard InChI is InChI=1S/C13H9F5N2O3/c14-12(15)23-9-4-2-1-3-7(9)10(13(16,17)18)20-11(21)8-5-22-6-19-8/h1-6,10,12H,(H,20,21)/t10-/m1/s1. The molecule has 1 heterocycles. The molecule has 2 rings (SSSR count). The van der Waals surface area contributed by atoms with E-state index in [2.05, 4.69) is 14.1 Å². The molecule has 1 aromatic carbocycles. The van der Waals surface area contributed by atoms with Crippen LogP contribution >= 0.6 is 0 Å². The molecule has 0 spiro atoms. The van der Waals surface area contributed by atoms with E-state index in [1.54, 1.807) is 5.32 Å². The van der Waals surface area contributed by atoms with Crippen LogP contribution in [0, 0.1) is 0 Å². The van der Waals surface area contributed by atoms with E-state index in [1.165, 1.54) is 12.1 Å². The Labute approximate surface area is 126 Å². The zero-order valence-electron chi connectivity index (χ0n) is 11.2. The molecule has 0 saturated heterocycles. The summed E-state index contributed by atoms with van der Waals surface area (Å²) in [6.45, 7) is -3.31. The van der Waals surface area contributed by atoms with Gasteiger partial charge in [0.2, 0.25) is 0 Å². The van der Waals surface area contributed by atoms with Crippen molar-refractivity contribution in [1.82, 2.24) is 10.3 Å². The smallest absolute Gasteiger partial charge is 0.413 e. The maximum atomic E-state index is 13.2. The minimum absolute atomic E-state index is 0.383. The zero-order valence-corrected chi connectivity index (χ0v) is 11.2. The number of halogens is 5. The van der Waals surface area contributed by atoms with Crippen molar-refractivity contribution in [3.05, 3.63) is 48.2 Å². The SMILES string of the molecule is O=C(N[C@H](c1ccccc1OC(F)F)C(F)(F)F)c1cocn1. The Balaban J connectivity index is 2.35. The van der Waals surface area contributed by atoms with Crippen molar-refractivity contribution >= 4 is 5.91 Å². The summed E-state index contributed by atoms with van der Waals surface area (Å²) in [6, 6.07) is 1.76. The lowest BCUT2D eigenvalue weighted by Gasteiger charge is -2.23. The van der Waals surface area contributed by atoms with Crippen LogP contribution < -0.4 is 10.1 Å². The van der Waals surface area contributed by atoms with Gasteiger partial charge in [0, 0.05) is 5.56 Å². The maximum absolute atomic E-state index is 13.2. The Kier molecular flexibility index (Phi) is 4.82.